The summed E-state index contributed by atoms with van der Waals surface area (Å²) in [6.07, 6.45) is 0.776. The number of thiophene rings is 1. The van der Waals surface area contributed by atoms with Crippen molar-refractivity contribution in [1.82, 2.24) is 5.32 Å². The van der Waals surface area contributed by atoms with E-state index in [0.717, 1.165) is 16.9 Å². The monoisotopic (exact) mass is 319 g/mol. The fraction of sp³-hybridized carbons (Fsp3) is 0.353. The lowest BCUT2D eigenvalue weighted by Crippen LogP contribution is -2.38. The molecule has 3 unspecified atom stereocenters. The molecule has 2 aromatic rings. The van der Waals surface area contributed by atoms with Gasteiger partial charge in [0.2, 0.25) is 5.91 Å². The molecule has 0 saturated heterocycles. The summed E-state index contributed by atoms with van der Waals surface area (Å²) < 4.78 is 12.9. The molecule has 0 radical (unpaired) electrons. The number of halogens is 1. The van der Waals surface area contributed by atoms with Gasteiger partial charge < -0.3 is 10.4 Å². The van der Waals surface area contributed by atoms with E-state index in [2.05, 4.69) is 5.32 Å². The SMILES string of the molecule is CC(O)(CNC(=O)C1CC1c1ccc(F)cc1)c1cccs1. The van der Waals surface area contributed by atoms with E-state index in [1.165, 1.54) is 23.5 Å². The van der Waals surface area contributed by atoms with Gasteiger partial charge in [0.05, 0.1) is 6.54 Å². The maximum Gasteiger partial charge on any atom is 0.223 e. The van der Waals surface area contributed by atoms with Crippen molar-refractivity contribution in [2.24, 2.45) is 5.92 Å². The van der Waals surface area contributed by atoms with Crippen LogP contribution in [0.15, 0.2) is 41.8 Å². The fourth-order valence-electron chi connectivity index (χ4n) is 2.63. The van der Waals surface area contributed by atoms with Crippen LogP contribution in [-0.2, 0) is 10.4 Å². The van der Waals surface area contributed by atoms with Crippen LogP contribution < -0.4 is 5.32 Å². The number of carbonyl (C=O) groups excluding carboxylic acids is 1. The highest BCUT2D eigenvalue weighted by molar-refractivity contribution is 7.10. The van der Waals surface area contributed by atoms with Crippen molar-refractivity contribution in [3.63, 3.8) is 0 Å². The average Bonchev–Trinajstić information content (AvgIpc) is 3.08. The van der Waals surface area contributed by atoms with Gasteiger partial charge in [-0.2, -0.15) is 0 Å². The molecule has 5 heteroatoms. The molecule has 116 valence electrons. The van der Waals surface area contributed by atoms with E-state index in [-0.39, 0.29) is 30.1 Å². The maximum absolute atomic E-state index is 12.9. The molecular weight excluding hydrogens is 301 g/mol. The Morgan fingerprint density at radius 3 is 2.77 bits per heavy atom. The van der Waals surface area contributed by atoms with Gasteiger partial charge in [-0.15, -0.1) is 11.3 Å². The number of nitrogens with one attached hydrogen (secondary N) is 1. The van der Waals surface area contributed by atoms with E-state index in [1.54, 1.807) is 19.1 Å². The van der Waals surface area contributed by atoms with E-state index in [1.807, 2.05) is 17.5 Å². The van der Waals surface area contributed by atoms with Crippen LogP contribution >= 0.6 is 11.3 Å². The molecule has 1 aromatic heterocycles. The Bertz CT molecular complexity index is 652. The van der Waals surface area contributed by atoms with Gasteiger partial charge in [-0.1, -0.05) is 18.2 Å². The summed E-state index contributed by atoms with van der Waals surface area (Å²) in [4.78, 5) is 13.0. The molecule has 1 aromatic carbocycles. The maximum atomic E-state index is 12.9. The van der Waals surface area contributed by atoms with E-state index in [4.69, 9.17) is 0 Å². The first kappa shape index (κ1) is 15.2. The van der Waals surface area contributed by atoms with Gasteiger partial charge in [0.1, 0.15) is 11.4 Å². The van der Waals surface area contributed by atoms with Crippen LogP contribution in [0.1, 0.15) is 29.7 Å². The first-order chi connectivity index (χ1) is 10.5. The summed E-state index contributed by atoms with van der Waals surface area (Å²) in [5, 5.41) is 15.1. The predicted molar refractivity (Wildman–Crippen MR) is 84.1 cm³/mol. The Kier molecular flexibility index (Phi) is 4.02. The minimum absolute atomic E-state index is 0.0499. The lowest BCUT2D eigenvalue weighted by Gasteiger charge is -2.22. The molecule has 2 N–H and O–H groups in total. The number of benzene rings is 1. The Labute approximate surface area is 132 Å². The van der Waals surface area contributed by atoms with Crippen LogP contribution in [0.2, 0.25) is 0 Å². The van der Waals surface area contributed by atoms with Gasteiger partial charge in [0.25, 0.3) is 0 Å². The van der Waals surface area contributed by atoms with Crippen molar-refractivity contribution in [3.8, 4) is 0 Å². The second kappa shape index (κ2) is 5.82. The lowest BCUT2D eigenvalue weighted by atomic mass is 10.0. The molecule has 22 heavy (non-hydrogen) atoms. The van der Waals surface area contributed by atoms with Crippen LogP contribution in [0.3, 0.4) is 0 Å². The van der Waals surface area contributed by atoms with Crippen molar-refractivity contribution < 1.29 is 14.3 Å². The number of carbonyl (C=O) groups is 1. The Hall–Kier alpha value is -1.72. The molecule has 3 nitrogen and oxygen atoms in total. The standard InChI is InChI=1S/C17H18FNO2S/c1-17(21,15-3-2-8-22-15)10-19-16(20)14-9-13(14)11-4-6-12(18)7-5-11/h2-8,13-14,21H,9-10H2,1H3,(H,19,20). The summed E-state index contributed by atoms with van der Waals surface area (Å²) in [5.41, 5.74) is -0.0593. The van der Waals surface area contributed by atoms with Crippen molar-refractivity contribution in [1.29, 1.82) is 0 Å². The van der Waals surface area contributed by atoms with Gasteiger partial charge >= 0.3 is 0 Å². The number of aliphatic hydroxyl groups is 1. The van der Waals surface area contributed by atoms with E-state index in [9.17, 15) is 14.3 Å². The number of hydrogen-bond donors (Lipinski definition) is 2. The van der Waals surface area contributed by atoms with Crippen LogP contribution in [0.4, 0.5) is 4.39 Å². The summed E-state index contributed by atoms with van der Waals surface area (Å²) in [6.45, 7) is 1.89. The van der Waals surface area contributed by atoms with Crippen molar-refractivity contribution in [2.45, 2.75) is 24.9 Å². The zero-order chi connectivity index (χ0) is 15.7. The number of rotatable bonds is 5. The van der Waals surface area contributed by atoms with Gasteiger partial charge in [-0.25, -0.2) is 4.39 Å². The normalized spacial score (nSPS) is 22.9. The molecule has 1 heterocycles. The van der Waals surface area contributed by atoms with Crippen molar-refractivity contribution in [3.05, 3.63) is 58.0 Å². The zero-order valence-corrected chi connectivity index (χ0v) is 13.1. The smallest absolute Gasteiger partial charge is 0.223 e. The first-order valence-corrected chi connectivity index (χ1v) is 8.15. The molecule has 3 atom stereocenters. The minimum atomic E-state index is -1.05. The molecule has 1 aliphatic carbocycles. The summed E-state index contributed by atoms with van der Waals surface area (Å²) in [7, 11) is 0. The van der Waals surface area contributed by atoms with Crippen LogP contribution in [0.25, 0.3) is 0 Å². The van der Waals surface area contributed by atoms with Crippen molar-refractivity contribution in [2.75, 3.05) is 6.54 Å². The second-order valence-corrected chi connectivity index (χ2v) is 6.92. The van der Waals surface area contributed by atoms with E-state index < -0.39 is 5.60 Å². The van der Waals surface area contributed by atoms with Gasteiger partial charge in [0.15, 0.2) is 0 Å². The topological polar surface area (TPSA) is 49.3 Å². The van der Waals surface area contributed by atoms with Crippen LogP contribution in [0.5, 0.6) is 0 Å². The molecule has 0 aliphatic heterocycles. The van der Waals surface area contributed by atoms with E-state index >= 15 is 0 Å². The molecule has 3 rings (SSSR count). The predicted octanol–water partition coefficient (Wildman–Crippen LogP) is 3.01. The van der Waals surface area contributed by atoms with Crippen molar-refractivity contribution >= 4 is 17.2 Å². The summed E-state index contributed by atoms with van der Waals surface area (Å²) in [5.74, 6) is -0.236. The lowest BCUT2D eigenvalue weighted by molar-refractivity contribution is -0.123. The Morgan fingerprint density at radius 2 is 2.14 bits per heavy atom. The molecule has 1 fully saturated rings. The zero-order valence-electron chi connectivity index (χ0n) is 12.3. The average molecular weight is 319 g/mol. The van der Waals surface area contributed by atoms with Crippen LogP contribution in [0, 0.1) is 11.7 Å². The summed E-state index contributed by atoms with van der Waals surface area (Å²) in [6, 6.07) is 10.0. The fourth-order valence-corrected chi connectivity index (χ4v) is 3.41. The van der Waals surface area contributed by atoms with E-state index in [0.29, 0.717) is 0 Å². The highest BCUT2D eigenvalue weighted by atomic mass is 32.1. The van der Waals surface area contributed by atoms with Gasteiger partial charge in [-0.3, -0.25) is 4.79 Å². The molecule has 0 spiro atoms. The largest absolute Gasteiger partial charge is 0.383 e. The third kappa shape index (κ3) is 3.20. The molecule has 1 aliphatic rings. The highest BCUT2D eigenvalue weighted by Crippen LogP contribution is 2.47. The molecule has 0 bridgehead atoms. The quantitative estimate of drug-likeness (QED) is 0.890. The summed E-state index contributed by atoms with van der Waals surface area (Å²) >= 11 is 1.47. The second-order valence-electron chi connectivity index (χ2n) is 5.97. The highest BCUT2D eigenvalue weighted by Gasteiger charge is 2.44. The first-order valence-electron chi connectivity index (χ1n) is 7.27. The van der Waals surface area contributed by atoms with Gasteiger partial charge in [0, 0.05) is 10.8 Å². The van der Waals surface area contributed by atoms with Crippen LogP contribution in [-0.4, -0.2) is 17.6 Å². The Morgan fingerprint density at radius 1 is 1.41 bits per heavy atom. The Balaban J connectivity index is 1.55. The number of amides is 1. The van der Waals surface area contributed by atoms with Gasteiger partial charge in [-0.05, 0) is 48.4 Å². The molecule has 1 amide bonds. The minimum Gasteiger partial charge on any atom is -0.383 e. The third-order valence-electron chi connectivity index (χ3n) is 4.08. The molecule has 1 saturated carbocycles. The third-order valence-corrected chi connectivity index (χ3v) is 5.21. The molecular formula is C17H18FNO2S. The number of hydrogen-bond acceptors (Lipinski definition) is 3.